The van der Waals surface area contributed by atoms with E-state index in [2.05, 4.69) is 4.98 Å². The maximum Gasteiger partial charge on any atom is 0.253 e. The number of nitrogens with zero attached hydrogens (tertiary/aromatic N) is 2. The van der Waals surface area contributed by atoms with Crippen molar-refractivity contribution >= 4 is 22.7 Å². The molecule has 4 rings (SSSR count). The largest absolute Gasteiger partial charge is 0.508 e. The Bertz CT molecular complexity index is 890. The Hall–Kier alpha value is -3.06. The van der Waals surface area contributed by atoms with E-state index in [4.69, 9.17) is 13.9 Å². The molecular formula is C18H16N2O5. The van der Waals surface area contributed by atoms with Crippen LogP contribution in [-0.4, -0.2) is 41.9 Å². The first-order valence-corrected chi connectivity index (χ1v) is 7.87. The molecule has 0 radical (unpaired) electrons. The smallest absolute Gasteiger partial charge is 0.253 e. The number of phenols is 1. The molecule has 7 nitrogen and oxygen atoms in total. The number of hydrogen-bond donors (Lipinski definition) is 1. The van der Waals surface area contributed by atoms with Crippen LogP contribution in [0.1, 0.15) is 0 Å². The third kappa shape index (κ3) is 3.14. The van der Waals surface area contributed by atoms with E-state index in [-0.39, 0.29) is 31.0 Å². The lowest BCUT2D eigenvalue weighted by atomic mass is 10.2. The lowest BCUT2D eigenvalue weighted by molar-refractivity contribution is -0.130. The molecule has 2 aromatic heterocycles. The molecule has 0 spiro atoms. The molecule has 1 aliphatic heterocycles. The van der Waals surface area contributed by atoms with Crippen molar-refractivity contribution in [3.63, 3.8) is 0 Å². The van der Waals surface area contributed by atoms with Gasteiger partial charge in [0.2, 0.25) is 0 Å². The molecule has 0 saturated carbocycles. The van der Waals surface area contributed by atoms with E-state index in [1.54, 1.807) is 41.4 Å². The molecule has 1 aliphatic rings. The van der Waals surface area contributed by atoms with Gasteiger partial charge in [0.05, 0.1) is 6.54 Å². The molecule has 1 unspecified atom stereocenters. The topological polar surface area (TPSA) is 85.0 Å². The summed E-state index contributed by atoms with van der Waals surface area (Å²) in [4.78, 5) is 18.0. The van der Waals surface area contributed by atoms with Gasteiger partial charge in [-0.1, -0.05) is 0 Å². The van der Waals surface area contributed by atoms with Gasteiger partial charge in [0, 0.05) is 11.9 Å². The number of benzene rings is 1. The van der Waals surface area contributed by atoms with Crippen molar-refractivity contribution in [1.82, 2.24) is 4.98 Å². The van der Waals surface area contributed by atoms with Crippen molar-refractivity contribution < 1.29 is 23.8 Å². The van der Waals surface area contributed by atoms with Crippen LogP contribution in [0.3, 0.4) is 0 Å². The Morgan fingerprint density at radius 1 is 1.28 bits per heavy atom. The fourth-order valence-corrected chi connectivity index (χ4v) is 2.74. The third-order valence-corrected chi connectivity index (χ3v) is 4.01. The number of amides is 1. The van der Waals surface area contributed by atoms with Gasteiger partial charge in [-0.05, 0) is 36.4 Å². The summed E-state index contributed by atoms with van der Waals surface area (Å²) in [5.74, 6) is 0.577. The molecule has 25 heavy (non-hydrogen) atoms. The zero-order valence-corrected chi connectivity index (χ0v) is 13.3. The van der Waals surface area contributed by atoms with Crippen LogP contribution in [-0.2, 0) is 9.53 Å². The van der Waals surface area contributed by atoms with Crippen molar-refractivity contribution in [3.05, 3.63) is 48.9 Å². The summed E-state index contributed by atoms with van der Waals surface area (Å²) in [7, 11) is 0. The summed E-state index contributed by atoms with van der Waals surface area (Å²) in [6.45, 7) is 0.624. The van der Waals surface area contributed by atoms with Crippen LogP contribution < -0.4 is 9.64 Å². The van der Waals surface area contributed by atoms with Gasteiger partial charge in [-0.15, -0.1) is 0 Å². The van der Waals surface area contributed by atoms with Crippen molar-refractivity contribution in [2.24, 2.45) is 0 Å². The highest BCUT2D eigenvalue weighted by Gasteiger charge is 2.28. The SMILES string of the molecule is O=C1COC(COc2coc3cccnc23)CN1c1ccc(O)cc1. The summed E-state index contributed by atoms with van der Waals surface area (Å²) in [5, 5.41) is 9.39. The average Bonchev–Trinajstić information content (AvgIpc) is 3.05. The minimum Gasteiger partial charge on any atom is -0.508 e. The molecule has 1 aromatic carbocycles. The highest BCUT2D eigenvalue weighted by Crippen LogP contribution is 2.26. The molecule has 1 amide bonds. The van der Waals surface area contributed by atoms with E-state index in [0.29, 0.717) is 29.1 Å². The van der Waals surface area contributed by atoms with Crippen LogP contribution in [0.15, 0.2) is 53.3 Å². The molecule has 3 aromatic rings. The first kappa shape index (κ1) is 15.5. The Labute approximate surface area is 143 Å². The number of anilines is 1. The molecule has 3 heterocycles. The number of hydrogen-bond acceptors (Lipinski definition) is 6. The average molecular weight is 340 g/mol. The molecule has 1 fully saturated rings. The quantitative estimate of drug-likeness (QED) is 0.785. The number of carbonyl (C=O) groups is 1. The Morgan fingerprint density at radius 3 is 2.96 bits per heavy atom. The Morgan fingerprint density at radius 2 is 2.12 bits per heavy atom. The van der Waals surface area contributed by atoms with Gasteiger partial charge < -0.3 is 23.9 Å². The second kappa shape index (κ2) is 6.45. The third-order valence-electron chi connectivity index (χ3n) is 4.01. The number of pyridine rings is 1. The van der Waals surface area contributed by atoms with Gasteiger partial charge >= 0.3 is 0 Å². The normalized spacial score (nSPS) is 17.8. The number of furan rings is 1. The number of aromatic nitrogens is 1. The van der Waals surface area contributed by atoms with Gasteiger partial charge in [-0.3, -0.25) is 4.79 Å². The summed E-state index contributed by atoms with van der Waals surface area (Å²) < 4.78 is 16.7. The lowest BCUT2D eigenvalue weighted by Gasteiger charge is -2.32. The fourth-order valence-electron chi connectivity index (χ4n) is 2.74. The second-order valence-corrected chi connectivity index (χ2v) is 5.71. The van der Waals surface area contributed by atoms with E-state index < -0.39 is 0 Å². The van der Waals surface area contributed by atoms with E-state index in [1.165, 1.54) is 6.26 Å². The van der Waals surface area contributed by atoms with E-state index in [1.807, 2.05) is 6.07 Å². The van der Waals surface area contributed by atoms with Crippen molar-refractivity contribution in [2.45, 2.75) is 6.10 Å². The van der Waals surface area contributed by atoms with Crippen LogP contribution >= 0.6 is 0 Å². The van der Waals surface area contributed by atoms with E-state index in [9.17, 15) is 9.90 Å². The van der Waals surface area contributed by atoms with Crippen molar-refractivity contribution in [3.8, 4) is 11.5 Å². The zero-order valence-electron chi connectivity index (χ0n) is 13.3. The molecular weight excluding hydrogens is 324 g/mol. The molecule has 7 heteroatoms. The van der Waals surface area contributed by atoms with Gasteiger partial charge in [0.25, 0.3) is 5.91 Å². The molecule has 128 valence electrons. The highest BCUT2D eigenvalue weighted by atomic mass is 16.5. The number of ether oxygens (including phenoxy) is 2. The number of morpholine rings is 1. The fraction of sp³-hybridized carbons (Fsp3) is 0.222. The maximum atomic E-state index is 12.1. The Balaban J connectivity index is 1.44. The van der Waals surface area contributed by atoms with E-state index >= 15 is 0 Å². The van der Waals surface area contributed by atoms with E-state index in [0.717, 1.165) is 0 Å². The van der Waals surface area contributed by atoms with Gasteiger partial charge in [0.15, 0.2) is 16.8 Å². The van der Waals surface area contributed by atoms with Crippen molar-refractivity contribution in [2.75, 3.05) is 24.7 Å². The highest BCUT2D eigenvalue weighted by molar-refractivity contribution is 5.95. The summed E-state index contributed by atoms with van der Waals surface area (Å²) >= 11 is 0. The summed E-state index contributed by atoms with van der Waals surface area (Å²) in [5.41, 5.74) is 2.03. The number of rotatable bonds is 4. The molecule has 1 saturated heterocycles. The molecule has 1 atom stereocenters. The molecule has 1 N–H and O–H groups in total. The van der Waals surface area contributed by atoms with Crippen LogP contribution in [0.2, 0.25) is 0 Å². The van der Waals surface area contributed by atoms with Gasteiger partial charge in [0.1, 0.15) is 31.3 Å². The van der Waals surface area contributed by atoms with Gasteiger partial charge in [-0.2, -0.15) is 0 Å². The Kier molecular flexibility index (Phi) is 3.99. The first-order chi connectivity index (χ1) is 12.2. The first-order valence-electron chi connectivity index (χ1n) is 7.87. The minimum absolute atomic E-state index is 0.0146. The standard InChI is InChI=1S/C18H16N2O5/c21-13-5-3-12(4-6-13)20-8-14(23-11-17(20)22)9-24-16-10-25-15-2-1-7-19-18(15)16/h1-7,10,14,21H,8-9,11H2. The zero-order chi connectivity index (χ0) is 17.2. The number of carbonyl (C=O) groups excluding carboxylic acids is 1. The van der Waals surface area contributed by atoms with Crippen molar-refractivity contribution in [1.29, 1.82) is 0 Å². The minimum atomic E-state index is -0.278. The van der Waals surface area contributed by atoms with Crippen LogP contribution in [0.25, 0.3) is 11.1 Å². The van der Waals surface area contributed by atoms with Crippen LogP contribution in [0.4, 0.5) is 5.69 Å². The number of fused-ring (bicyclic) bond motifs is 1. The predicted molar refractivity (Wildman–Crippen MR) is 89.7 cm³/mol. The summed E-state index contributed by atoms with van der Waals surface area (Å²) in [6, 6.07) is 10.1. The monoisotopic (exact) mass is 340 g/mol. The summed E-state index contributed by atoms with van der Waals surface area (Å²) in [6.07, 6.45) is 2.91. The predicted octanol–water partition coefficient (Wildman–Crippen LogP) is 2.34. The number of aromatic hydroxyl groups is 1. The second-order valence-electron chi connectivity index (χ2n) is 5.71. The lowest BCUT2D eigenvalue weighted by Crippen LogP contribution is -2.48. The molecule has 0 bridgehead atoms. The van der Waals surface area contributed by atoms with Crippen LogP contribution in [0, 0.1) is 0 Å². The molecule has 0 aliphatic carbocycles. The van der Waals surface area contributed by atoms with Gasteiger partial charge in [-0.25, -0.2) is 4.98 Å². The maximum absolute atomic E-state index is 12.1. The van der Waals surface area contributed by atoms with Crippen LogP contribution in [0.5, 0.6) is 11.5 Å². The number of phenolic OH excluding ortho intramolecular Hbond substituents is 1.